The normalized spacial score (nSPS) is 16.7. The second kappa shape index (κ2) is 5.51. The molecule has 2 N–H and O–H groups in total. The summed E-state index contributed by atoms with van der Waals surface area (Å²) >= 11 is 0. The molecule has 0 radical (unpaired) electrons. The van der Waals surface area contributed by atoms with Gasteiger partial charge in [0.2, 0.25) is 5.95 Å². The second-order valence-corrected chi connectivity index (χ2v) is 5.22. The van der Waals surface area contributed by atoms with E-state index in [2.05, 4.69) is 15.4 Å². The van der Waals surface area contributed by atoms with E-state index in [1.54, 1.807) is 10.8 Å². The number of nitrogens with zero attached hydrogens (tertiary/aromatic N) is 3. The van der Waals surface area contributed by atoms with Crippen LogP contribution in [0, 0.1) is 0 Å². The smallest absolute Gasteiger partial charge is 0.352 e. The Morgan fingerprint density at radius 2 is 2.27 bits per heavy atom. The van der Waals surface area contributed by atoms with Crippen molar-refractivity contribution in [2.45, 2.75) is 26.0 Å². The number of anilines is 1. The first-order valence-electron chi connectivity index (χ1n) is 6.93. The van der Waals surface area contributed by atoms with Crippen LogP contribution in [0.1, 0.15) is 25.5 Å². The van der Waals surface area contributed by atoms with E-state index in [4.69, 9.17) is 4.74 Å². The molecule has 7 heteroatoms. The number of hydrogen-bond donors (Lipinski definition) is 2. The van der Waals surface area contributed by atoms with E-state index in [0.29, 0.717) is 5.95 Å². The van der Waals surface area contributed by atoms with Crippen LogP contribution in [0.15, 0.2) is 42.4 Å². The van der Waals surface area contributed by atoms with Gasteiger partial charge < -0.3 is 15.2 Å². The van der Waals surface area contributed by atoms with E-state index in [-0.39, 0.29) is 17.8 Å². The maximum Gasteiger partial charge on any atom is 0.352 e. The van der Waals surface area contributed by atoms with Gasteiger partial charge in [0.15, 0.2) is 0 Å². The second-order valence-electron chi connectivity index (χ2n) is 5.22. The predicted octanol–water partition coefficient (Wildman–Crippen LogP) is 2.05. The van der Waals surface area contributed by atoms with E-state index in [1.165, 1.54) is 6.33 Å². The van der Waals surface area contributed by atoms with Gasteiger partial charge in [0, 0.05) is 0 Å². The van der Waals surface area contributed by atoms with Gasteiger partial charge in [-0.15, -0.1) is 0 Å². The van der Waals surface area contributed by atoms with Crippen molar-refractivity contribution in [3.05, 3.63) is 47.9 Å². The zero-order chi connectivity index (χ0) is 15.7. The Morgan fingerprint density at radius 1 is 1.45 bits per heavy atom. The lowest BCUT2D eigenvalue weighted by Crippen LogP contribution is -2.24. The van der Waals surface area contributed by atoms with Gasteiger partial charge >= 0.3 is 5.97 Å². The fourth-order valence-corrected chi connectivity index (χ4v) is 2.34. The number of nitrogens with one attached hydrogen (secondary N) is 1. The maximum atomic E-state index is 11.3. The largest absolute Gasteiger partial charge is 0.491 e. The van der Waals surface area contributed by atoms with Crippen LogP contribution < -0.4 is 10.1 Å². The molecule has 0 fully saturated rings. The molecule has 114 valence electrons. The summed E-state index contributed by atoms with van der Waals surface area (Å²) in [6, 6.07) is 7.19. The van der Waals surface area contributed by atoms with Gasteiger partial charge in [-0.2, -0.15) is 10.1 Å². The molecule has 22 heavy (non-hydrogen) atoms. The van der Waals surface area contributed by atoms with Crippen molar-refractivity contribution in [2.24, 2.45) is 0 Å². The maximum absolute atomic E-state index is 11.3. The first-order chi connectivity index (χ1) is 10.5. The SMILES string of the molecule is CC(C)Oc1cccc([C@@H]2C=C(C(=O)O)Nc3ncnn32)c1. The van der Waals surface area contributed by atoms with E-state index in [9.17, 15) is 9.90 Å². The van der Waals surface area contributed by atoms with E-state index in [1.807, 2.05) is 38.1 Å². The Labute approximate surface area is 127 Å². The molecule has 1 aromatic carbocycles. The lowest BCUT2D eigenvalue weighted by Gasteiger charge is -2.23. The number of carboxylic acids is 1. The van der Waals surface area contributed by atoms with Gasteiger partial charge in [0.05, 0.1) is 6.10 Å². The van der Waals surface area contributed by atoms with Crippen LogP contribution in [0.3, 0.4) is 0 Å². The Bertz CT molecular complexity index is 736. The van der Waals surface area contributed by atoms with E-state index < -0.39 is 5.97 Å². The van der Waals surface area contributed by atoms with Crippen molar-refractivity contribution in [3.63, 3.8) is 0 Å². The van der Waals surface area contributed by atoms with Crippen LogP contribution in [0.4, 0.5) is 5.95 Å². The molecule has 2 heterocycles. The highest BCUT2D eigenvalue weighted by atomic mass is 16.5. The Balaban J connectivity index is 2.01. The summed E-state index contributed by atoms with van der Waals surface area (Å²) in [7, 11) is 0. The van der Waals surface area contributed by atoms with Crippen molar-refractivity contribution in [1.29, 1.82) is 0 Å². The fourth-order valence-electron chi connectivity index (χ4n) is 2.34. The molecular formula is C15H16N4O3. The fraction of sp³-hybridized carbons (Fsp3) is 0.267. The third-order valence-electron chi connectivity index (χ3n) is 3.21. The van der Waals surface area contributed by atoms with Crippen molar-refractivity contribution >= 4 is 11.9 Å². The molecular weight excluding hydrogens is 284 g/mol. The molecule has 0 saturated carbocycles. The number of hydrogen-bond acceptors (Lipinski definition) is 5. The number of fused-ring (bicyclic) bond motifs is 1. The highest BCUT2D eigenvalue weighted by molar-refractivity contribution is 5.90. The summed E-state index contributed by atoms with van der Waals surface area (Å²) in [5.74, 6) is 0.104. The Kier molecular flexibility index (Phi) is 3.54. The molecule has 0 spiro atoms. The molecule has 0 amide bonds. The Morgan fingerprint density at radius 3 is 3.00 bits per heavy atom. The molecule has 2 aromatic rings. The molecule has 1 aliphatic rings. The van der Waals surface area contributed by atoms with Crippen LogP contribution in [-0.2, 0) is 4.79 Å². The molecule has 0 unspecified atom stereocenters. The van der Waals surface area contributed by atoms with Crippen molar-refractivity contribution in [2.75, 3.05) is 5.32 Å². The van der Waals surface area contributed by atoms with Crippen LogP contribution in [0.2, 0.25) is 0 Å². The summed E-state index contributed by atoms with van der Waals surface area (Å²) < 4.78 is 7.33. The van der Waals surface area contributed by atoms with Crippen molar-refractivity contribution in [3.8, 4) is 5.75 Å². The quantitative estimate of drug-likeness (QED) is 0.898. The molecule has 0 aliphatic carbocycles. The zero-order valence-corrected chi connectivity index (χ0v) is 12.2. The minimum absolute atomic E-state index is 0.0651. The summed E-state index contributed by atoms with van der Waals surface area (Å²) in [5, 5.41) is 16.1. The van der Waals surface area contributed by atoms with Gasteiger partial charge in [-0.3, -0.25) is 0 Å². The standard InChI is InChI=1S/C15H16N4O3/c1-9(2)22-11-5-3-4-10(6-11)13-7-12(14(20)21)18-15-16-8-17-19(13)15/h3-9,13H,1-2H3,(H,20,21)(H,16,17,18)/t13-/m0/s1. The monoisotopic (exact) mass is 300 g/mol. The predicted molar refractivity (Wildman–Crippen MR) is 79.7 cm³/mol. The minimum atomic E-state index is -1.03. The summed E-state index contributed by atoms with van der Waals surface area (Å²) in [5.41, 5.74) is 0.964. The number of carbonyl (C=O) groups is 1. The average Bonchev–Trinajstić information content (AvgIpc) is 2.94. The van der Waals surface area contributed by atoms with Crippen molar-refractivity contribution in [1.82, 2.24) is 14.8 Å². The van der Waals surface area contributed by atoms with Gasteiger partial charge in [-0.05, 0) is 37.6 Å². The number of allylic oxidation sites excluding steroid dienone is 1. The number of ether oxygens (including phenoxy) is 1. The lowest BCUT2D eigenvalue weighted by molar-refractivity contribution is -0.132. The average molecular weight is 300 g/mol. The molecule has 1 aromatic heterocycles. The van der Waals surface area contributed by atoms with Crippen LogP contribution in [0.5, 0.6) is 5.75 Å². The minimum Gasteiger partial charge on any atom is -0.491 e. The highest BCUT2D eigenvalue weighted by Crippen LogP contribution is 2.30. The summed E-state index contributed by atoms with van der Waals surface area (Å²) in [6.45, 7) is 3.91. The molecule has 7 nitrogen and oxygen atoms in total. The van der Waals surface area contributed by atoms with Gasteiger partial charge in [-0.1, -0.05) is 12.1 Å². The lowest BCUT2D eigenvalue weighted by atomic mass is 10.0. The van der Waals surface area contributed by atoms with E-state index >= 15 is 0 Å². The van der Waals surface area contributed by atoms with Gasteiger partial charge in [-0.25, -0.2) is 9.48 Å². The topological polar surface area (TPSA) is 89.3 Å². The third-order valence-corrected chi connectivity index (χ3v) is 3.21. The van der Waals surface area contributed by atoms with Crippen LogP contribution in [0.25, 0.3) is 0 Å². The Hall–Kier alpha value is -2.83. The third kappa shape index (κ3) is 2.65. The highest BCUT2D eigenvalue weighted by Gasteiger charge is 2.25. The molecule has 3 rings (SSSR count). The van der Waals surface area contributed by atoms with Gasteiger partial charge in [0.1, 0.15) is 23.8 Å². The molecule has 0 bridgehead atoms. The first kappa shape index (κ1) is 14.1. The molecule has 1 atom stereocenters. The first-order valence-corrected chi connectivity index (χ1v) is 6.93. The van der Waals surface area contributed by atoms with Crippen LogP contribution >= 0.6 is 0 Å². The van der Waals surface area contributed by atoms with Gasteiger partial charge in [0.25, 0.3) is 0 Å². The summed E-state index contributed by atoms with van der Waals surface area (Å²) in [6.07, 6.45) is 3.07. The number of benzene rings is 1. The molecule has 1 aliphatic heterocycles. The number of aromatic nitrogens is 3. The number of carboxylic acid groups (broad SMARTS) is 1. The zero-order valence-electron chi connectivity index (χ0n) is 12.2. The van der Waals surface area contributed by atoms with Crippen molar-refractivity contribution < 1.29 is 14.6 Å². The summed E-state index contributed by atoms with van der Waals surface area (Å²) in [4.78, 5) is 15.3. The number of aliphatic carboxylic acids is 1. The van der Waals surface area contributed by atoms with E-state index in [0.717, 1.165) is 11.3 Å². The molecule has 0 saturated heterocycles. The van der Waals surface area contributed by atoms with Crippen LogP contribution in [-0.4, -0.2) is 31.9 Å². The number of rotatable bonds is 4.